The highest BCUT2D eigenvalue weighted by Crippen LogP contribution is 2.50. The van der Waals surface area contributed by atoms with Crippen LogP contribution in [-0.2, 0) is 20.0 Å². The minimum atomic E-state index is -5.63. The van der Waals surface area contributed by atoms with Crippen molar-refractivity contribution < 1.29 is 35.6 Å². The summed E-state index contributed by atoms with van der Waals surface area (Å²) >= 11 is 0. The Kier molecular flexibility index (Phi) is 9.39. The van der Waals surface area contributed by atoms with Gasteiger partial charge in [0.05, 0.1) is 19.4 Å². The number of hydrogen-bond donors (Lipinski definition) is 0. The van der Waals surface area contributed by atoms with E-state index in [2.05, 4.69) is 0 Å². The minimum absolute atomic E-state index is 0.103. The Balaban J connectivity index is 2.80. The molecule has 0 fully saturated rings. The molecule has 0 N–H and O–H groups in total. The summed E-state index contributed by atoms with van der Waals surface area (Å²) in [6.45, 7) is 3.42. The first-order chi connectivity index (χ1) is 12.6. The molecular formula is C18H26F5O3P. The van der Waals surface area contributed by atoms with Crippen LogP contribution in [0.4, 0.5) is 22.0 Å². The lowest BCUT2D eigenvalue weighted by molar-refractivity contribution is -0.304. The van der Waals surface area contributed by atoms with Gasteiger partial charge in [0, 0.05) is 5.92 Å². The molecule has 1 atom stereocenters. The molecule has 27 heavy (non-hydrogen) atoms. The Bertz CT molecular complexity index is 582. The van der Waals surface area contributed by atoms with Crippen molar-refractivity contribution in [2.75, 3.05) is 19.4 Å². The number of aryl methyl sites for hydroxylation is 1. The molecule has 0 aliphatic heterocycles. The van der Waals surface area contributed by atoms with Crippen LogP contribution in [-0.4, -0.2) is 31.5 Å². The molecule has 1 aromatic carbocycles. The first-order valence-corrected chi connectivity index (χ1v) is 10.6. The standard InChI is InChI=1S/C18H26F5O3P/c1-3-25-27(24,26-4-2)14-8-11-16(17(19,20)18(21,22)23)13-12-15-9-6-5-7-10-15/h5-7,9-10,16H,3-4,8,11-14H2,1-2H3. The average Bonchev–Trinajstić information content (AvgIpc) is 2.58. The van der Waals surface area contributed by atoms with Crippen molar-refractivity contribution in [1.82, 2.24) is 0 Å². The highest BCUT2D eigenvalue weighted by atomic mass is 31.2. The van der Waals surface area contributed by atoms with E-state index < -0.39 is 32.0 Å². The third kappa shape index (κ3) is 7.51. The normalized spacial score (nSPS) is 14.3. The van der Waals surface area contributed by atoms with Crippen LogP contribution in [0.2, 0.25) is 0 Å². The van der Waals surface area contributed by atoms with Crippen LogP contribution in [0.5, 0.6) is 0 Å². The van der Waals surface area contributed by atoms with E-state index in [1.807, 2.05) is 0 Å². The zero-order valence-electron chi connectivity index (χ0n) is 15.5. The molecule has 0 radical (unpaired) electrons. The summed E-state index contributed by atoms with van der Waals surface area (Å²) in [5.74, 6) is -6.72. The van der Waals surface area contributed by atoms with Gasteiger partial charge in [-0.3, -0.25) is 4.57 Å². The van der Waals surface area contributed by atoms with E-state index in [0.717, 1.165) is 0 Å². The average molecular weight is 416 g/mol. The molecule has 0 heterocycles. The molecule has 0 aliphatic rings. The smallest absolute Gasteiger partial charge is 0.309 e. The fourth-order valence-corrected chi connectivity index (χ4v) is 4.50. The van der Waals surface area contributed by atoms with Crippen molar-refractivity contribution in [3.63, 3.8) is 0 Å². The monoisotopic (exact) mass is 416 g/mol. The fourth-order valence-electron chi connectivity index (χ4n) is 2.82. The topological polar surface area (TPSA) is 35.5 Å². The van der Waals surface area contributed by atoms with E-state index in [1.54, 1.807) is 44.2 Å². The van der Waals surface area contributed by atoms with Crippen LogP contribution < -0.4 is 0 Å². The lowest BCUT2D eigenvalue weighted by atomic mass is 9.89. The van der Waals surface area contributed by atoms with E-state index in [0.29, 0.717) is 5.56 Å². The summed E-state index contributed by atoms with van der Waals surface area (Å²) in [6.07, 6.45) is -6.58. The highest BCUT2D eigenvalue weighted by Gasteiger charge is 2.61. The number of rotatable bonds is 12. The molecule has 1 unspecified atom stereocenters. The maximum Gasteiger partial charge on any atom is 0.453 e. The molecule has 1 aromatic rings. The van der Waals surface area contributed by atoms with Gasteiger partial charge in [-0.25, -0.2) is 0 Å². The van der Waals surface area contributed by atoms with Gasteiger partial charge < -0.3 is 9.05 Å². The molecule has 0 saturated heterocycles. The zero-order valence-corrected chi connectivity index (χ0v) is 16.4. The lowest BCUT2D eigenvalue weighted by Crippen LogP contribution is -2.43. The summed E-state index contributed by atoms with van der Waals surface area (Å²) in [5.41, 5.74) is 0.690. The summed E-state index contributed by atoms with van der Waals surface area (Å²) < 4.78 is 89.0. The van der Waals surface area contributed by atoms with Crippen LogP contribution in [0, 0.1) is 5.92 Å². The van der Waals surface area contributed by atoms with Gasteiger partial charge >= 0.3 is 19.7 Å². The van der Waals surface area contributed by atoms with Crippen LogP contribution in [0.3, 0.4) is 0 Å². The summed E-state index contributed by atoms with van der Waals surface area (Å²) in [5, 5.41) is 0. The highest BCUT2D eigenvalue weighted by molar-refractivity contribution is 7.53. The molecule has 9 heteroatoms. The van der Waals surface area contributed by atoms with E-state index in [9.17, 15) is 26.5 Å². The molecule has 0 spiro atoms. The molecule has 0 aliphatic carbocycles. The van der Waals surface area contributed by atoms with Crippen molar-refractivity contribution in [2.24, 2.45) is 5.92 Å². The summed E-state index contributed by atoms with van der Waals surface area (Å²) in [4.78, 5) is 0. The van der Waals surface area contributed by atoms with Gasteiger partial charge in [0.1, 0.15) is 0 Å². The van der Waals surface area contributed by atoms with Crippen molar-refractivity contribution in [3.05, 3.63) is 35.9 Å². The lowest BCUT2D eigenvalue weighted by Gasteiger charge is -2.29. The minimum Gasteiger partial charge on any atom is -0.309 e. The molecule has 0 aromatic heterocycles. The number of halogens is 5. The molecule has 3 nitrogen and oxygen atoms in total. The molecule has 0 saturated carbocycles. The maximum absolute atomic E-state index is 14.0. The molecule has 156 valence electrons. The fraction of sp³-hybridized carbons (Fsp3) is 0.667. The second-order valence-corrected chi connectivity index (χ2v) is 8.34. The maximum atomic E-state index is 14.0. The number of alkyl halides is 5. The van der Waals surface area contributed by atoms with E-state index in [-0.39, 0.29) is 38.6 Å². The Labute approximate surface area is 156 Å². The van der Waals surface area contributed by atoms with Gasteiger partial charge in [-0.2, -0.15) is 22.0 Å². The summed E-state index contributed by atoms with van der Waals surface area (Å²) in [7, 11) is -3.47. The van der Waals surface area contributed by atoms with Crippen LogP contribution >= 0.6 is 7.60 Å². The van der Waals surface area contributed by atoms with E-state index in [4.69, 9.17) is 9.05 Å². The third-order valence-electron chi connectivity index (χ3n) is 4.15. The Hall–Kier alpha value is -0.980. The van der Waals surface area contributed by atoms with E-state index in [1.165, 1.54) is 0 Å². The van der Waals surface area contributed by atoms with Gasteiger partial charge in [0.15, 0.2) is 0 Å². The van der Waals surface area contributed by atoms with Crippen molar-refractivity contribution in [3.8, 4) is 0 Å². The predicted octanol–water partition coefficient (Wildman–Crippen LogP) is 6.48. The van der Waals surface area contributed by atoms with Crippen molar-refractivity contribution in [1.29, 1.82) is 0 Å². The van der Waals surface area contributed by atoms with Crippen molar-refractivity contribution >= 4 is 7.60 Å². The molecule has 1 rings (SSSR count). The predicted molar refractivity (Wildman–Crippen MR) is 94.2 cm³/mol. The second kappa shape index (κ2) is 10.5. The Morgan fingerprint density at radius 1 is 0.963 bits per heavy atom. The van der Waals surface area contributed by atoms with Crippen molar-refractivity contribution in [2.45, 2.75) is 51.6 Å². The summed E-state index contributed by atoms with van der Waals surface area (Å²) in [6, 6.07) is 8.51. The Morgan fingerprint density at radius 3 is 2.00 bits per heavy atom. The Morgan fingerprint density at radius 2 is 1.52 bits per heavy atom. The van der Waals surface area contributed by atoms with E-state index >= 15 is 0 Å². The first kappa shape index (κ1) is 24.1. The third-order valence-corrected chi connectivity index (χ3v) is 6.32. The molecule has 0 amide bonds. The van der Waals surface area contributed by atoms with Gasteiger partial charge in [-0.05, 0) is 45.1 Å². The second-order valence-electron chi connectivity index (χ2n) is 6.15. The quantitative estimate of drug-likeness (QED) is 0.289. The van der Waals surface area contributed by atoms with Crippen LogP contribution in [0.1, 0.15) is 38.7 Å². The van der Waals surface area contributed by atoms with Gasteiger partial charge in [-0.15, -0.1) is 0 Å². The SMILES string of the molecule is CCOP(=O)(CCCC(CCc1ccccc1)C(F)(F)C(F)(F)F)OCC. The zero-order chi connectivity index (χ0) is 20.6. The van der Waals surface area contributed by atoms with Gasteiger partial charge in [0.25, 0.3) is 0 Å². The van der Waals surface area contributed by atoms with Crippen LogP contribution in [0.25, 0.3) is 0 Å². The number of hydrogen-bond acceptors (Lipinski definition) is 3. The first-order valence-electron chi connectivity index (χ1n) is 8.92. The van der Waals surface area contributed by atoms with Crippen LogP contribution in [0.15, 0.2) is 30.3 Å². The van der Waals surface area contributed by atoms with Gasteiger partial charge in [0.2, 0.25) is 0 Å². The van der Waals surface area contributed by atoms with Gasteiger partial charge in [-0.1, -0.05) is 30.3 Å². The molecular weight excluding hydrogens is 390 g/mol. The molecule has 0 bridgehead atoms. The largest absolute Gasteiger partial charge is 0.453 e. The number of benzene rings is 1.